The molecule has 0 aliphatic carbocycles. The molecule has 1 aromatic rings. The van der Waals surface area contributed by atoms with Gasteiger partial charge in [0.2, 0.25) is 0 Å². The number of hydrogen-bond acceptors (Lipinski definition) is 2. The molecule has 4 heteroatoms. The first-order valence-electron chi connectivity index (χ1n) is 6.51. The third kappa shape index (κ3) is 5.19. The van der Waals surface area contributed by atoms with E-state index in [4.69, 9.17) is 9.29 Å². The van der Waals surface area contributed by atoms with E-state index in [1.54, 1.807) is 18.2 Å². The highest BCUT2D eigenvalue weighted by Crippen LogP contribution is 2.19. The van der Waals surface area contributed by atoms with E-state index in [0.29, 0.717) is 23.2 Å². The lowest BCUT2D eigenvalue weighted by atomic mass is 10.0. The van der Waals surface area contributed by atoms with Gasteiger partial charge in [-0.2, -0.15) is 0 Å². The first-order valence-corrected chi connectivity index (χ1v) is 7.61. The predicted molar refractivity (Wildman–Crippen MR) is 74.3 cm³/mol. The highest BCUT2D eigenvalue weighted by molar-refractivity contribution is 7.79. The van der Waals surface area contributed by atoms with Crippen molar-refractivity contribution in [1.29, 1.82) is 0 Å². The maximum Gasteiger partial charge on any atom is 0.186 e. The first-order chi connectivity index (χ1) is 8.67. The van der Waals surface area contributed by atoms with Gasteiger partial charge < -0.3 is 9.29 Å². The van der Waals surface area contributed by atoms with Crippen molar-refractivity contribution in [2.24, 2.45) is 5.92 Å². The van der Waals surface area contributed by atoms with Gasteiger partial charge in [-0.15, -0.1) is 0 Å². The van der Waals surface area contributed by atoms with Gasteiger partial charge in [0.25, 0.3) is 0 Å². The summed E-state index contributed by atoms with van der Waals surface area (Å²) in [5, 5.41) is 0. The standard InChI is InChI=1S/C14H22O3S/c1-3-5-7-12(4-2)11-17-13-8-6-9-14(10-13)18(15)16/h6,8-10,12H,3-5,7,11H2,1-2H3,(H,15,16). The van der Waals surface area contributed by atoms with Gasteiger partial charge in [-0.3, -0.25) is 0 Å². The fourth-order valence-corrected chi connectivity index (χ4v) is 2.20. The molecule has 2 unspecified atom stereocenters. The predicted octanol–water partition coefficient (Wildman–Crippen LogP) is 3.86. The van der Waals surface area contributed by atoms with Gasteiger partial charge in [-0.25, -0.2) is 4.21 Å². The molecule has 1 rings (SSSR count). The molecule has 0 radical (unpaired) electrons. The van der Waals surface area contributed by atoms with Crippen molar-refractivity contribution in [1.82, 2.24) is 0 Å². The molecule has 0 spiro atoms. The second-order valence-electron chi connectivity index (χ2n) is 4.45. The largest absolute Gasteiger partial charge is 0.493 e. The minimum Gasteiger partial charge on any atom is -0.493 e. The Balaban J connectivity index is 2.51. The molecule has 0 aliphatic heterocycles. The topological polar surface area (TPSA) is 46.5 Å². The summed E-state index contributed by atoms with van der Waals surface area (Å²) in [6.45, 7) is 5.04. The summed E-state index contributed by atoms with van der Waals surface area (Å²) in [7, 11) is 0. The van der Waals surface area contributed by atoms with Crippen LogP contribution in [0.5, 0.6) is 5.75 Å². The summed E-state index contributed by atoms with van der Waals surface area (Å²) in [6, 6.07) is 6.81. The van der Waals surface area contributed by atoms with E-state index in [-0.39, 0.29) is 0 Å². The maximum atomic E-state index is 10.9. The lowest BCUT2D eigenvalue weighted by molar-refractivity contribution is 0.233. The minimum absolute atomic E-state index is 0.383. The zero-order valence-electron chi connectivity index (χ0n) is 11.1. The van der Waals surface area contributed by atoms with E-state index in [0.717, 1.165) is 6.42 Å². The Bertz CT molecular complexity index is 379. The lowest BCUT2D eigenvalue weighted by Crippen LogP contribution is -2.11. The fraction of sp³-hybridized carbons (Fsp3) is 0.571. The third-order valence-corrected chi connectivity index (χ3v) is 3.69. The van der Waals surface area contributed by atoms with Crippen molar-refractivity contribution in [3.8, 4) is 5.75 Å². The molecule has 0 heterocycles. The molecule has 1 N–H and O–H groups in total. The Hall–Kier alpha value is -0.870. The van der Waals surface area contributed by atoms with Crippen LogP contribution in [0.4, 0.5) is 0 Å². The Morgan fingerprint density at radius 2 is 2.17 bits per heavy atom. The molecule has 0 bridgehead atoms. The van der Waals surface area contributed by atoms with E-state index in [9.17, 15) is 4.21 Å². The Labute approximate surface area is 112 Å². The monoisotopic (exact) mass is 270 g/mol. The average molecular weight is 270 g/mol. The van der Waals surface area contributed by atoms with Gasteiger partial charge in [0, 0.05) is 0 Å². The van der Waals surface area contributed by atoms with Crippen LogP contribution in [0.1, 0.15) is 39.5 Å². The van der Waals surface area contributed by atoms with Crippen molar-refractivity contribution < 1.29 is 13.5 Å². The van der Waals surface area contributed by atoms with Crippen LogP contribution in [-0.2, 0) is 11.1 Å². The van der Waals surface area contributed by atoms with Crippen LogP contribution in [0.2, 0.25) is 0 Å². The maximum absolute atomic E-state index is 10.9. The molecule has 0 amide bonds. The molecule has 0 saturated carbocycles. The molecule has 18 heavy (non-hydrogen) atoms. The molecule has 2 atom stereocenters. The van der Waals surface area contributed by atoms with E-state index in [1.807, 2.05) is 6.07 Å². The van der Waals surface area contributed by atoms with Gasteiger partial charge in [0.05, 0.1) is 11.5 Å². The van der Waals surface area contributed by atoms with Gasteiger partial charge in [0.1, 0.15) is 5.75 Å². The number of hydrogen-bond donors (Lipinski definition) is 1. The van der Waals surface area contributed by atoms with Crippen molar-refractivity contribution in [3.63, 3.8) is 0 Å². The van der Waals surface area contributed by atoms with Gasteiger partial charge >= 0.3 is 0 Å². The molecule has 0 aromatic heterocycles. The van der Waals surface area contributed by atoms with E-state index >= 15 is 0 Å². The van der Waals surface area contributed by atoms with E-state index in [1.165, 1.54) is 19.3 Å². The molecule has 3 nitrogen and oxygen atoms in total. The summed E-state index contributed by atoms with van der Waals surface area (Å²) in [5.74, 6) is 1.23. The zero-order chi connectivity index (χ0) is 13.4. The summed E-state index contributed by atoms with van der Waals surface area (Å²) >= 11 is -1.94. The first kappa shape index (κ1) is 15.2. The van der Waals surface area contributed by atoms with Crippen molar-refractivity contribution in [3.05, 3.63) is 24.3 Å². The number of rotatable bonds is 8. The smallest absolute Gasteiger partial charge is 0.186 e. The molecule has 102 valence electrons. The van der Waals surface area contributed by atoms with E-state index < -0.39 is 11.1 Å². The molecule has 0 fully saturated rings. The molecule has 1 aromatic carbocycles. The van der Waals surface area contributed by atoms with Crippen molar-refractivity contribution in [2.45, 2.75) is 44.4 Å². The third-order valence-electron chi connectivity index (χ3n) is 3.04. The summed E-state index contributed by atoms with van der Waals surface area (Å²) in [5.41, 5.74) is 0. The van der Waals surface area contributed by atoms with Crippen LogP contribution in [0.3, 0.4) is 0 Å². The average Bonchev–Trinajstić information content (AvgIpc) is 2.39. The second-order valence-corrected chi connectivity index (χ2v) is 5.42. The quantitative estimate of drug-likeness (QED) is 0.730. The SMILES string of the molecule is CCCCC(CC)COc1cccc(S(=O)O)c1. The van der Waals surface area contributed by atoms with Crippen LogP contribution in [0.25, 0.3) is 0 Å². The van der Waals surface area contributed by atoms with Crippen molar-refractivity contribution >= 4 is 11.1 Å². The van der Waals surface area contributed by atoms with Crippen LogP contribution in [-0.4, -0.2) is 15.4 Å². The number of benzene rings is 1. The highest BCUT2D eigenvalue weighted by Gasteiger charge is 2.08. The Morgan fingerprint density at radius 1 is 1.39 bits per heavy atom. The van der Waals surface area contributed by atoms with Crippen LogP contribution < -0.4 is 4.74 Å². The van der Waals surface area contributed by atoms with Crippen molar-refractivity contribution in [2.75, 3.05) is 6.61 Å². The molecular weight excluding hydrogens is 248 g/mol. The van der Waals surface area contributed by atoms with Crippen LogP contribution in [0, 0.1) is 5.92 Å². The normalized spacial score (nSPS) is 14.2. The van der Waals surface area contributed by atoms with Crippen LogP contribution in [0.15, 0.2) is 29.2 Å². The van der Waals surface area contributed by atoms with Gasteiger partial charge in [0.15, 0.2) is 11.1 Å². The Morgan fingerprint density at radius 3 is 2.78 bits per heavy atom. The van der Waals surface area contributed by atoms with Gasteiger partial charge in [-0.1, -0.05) is 39.2 Å². The van der Waals surface area contributed by atoms with Crippen LogP contribution >= 0.6 is 0 Å². The van der Waals surface area contributed by atoms with E-state index in [2.05, 4.69) is 13.8 Å². The minimum atomic E-state index is -1.94. The van der Waals surface area contributed by atoms with Gasteiger partial charge in [-0.05, 0) is 30.5 Å². The number of ether oxygens (including phenoxy) is 1. The second kappa shape index (κ2) is 8.27. The molecule has 0 saturated heterocycles. The molecular formula is C14H22O3S. The number of unbranched alkanes of at least 4 members (excludes halogenated alkanes) is 1. The Kier molecular flexibility index (Phi) is 6.98. The summed E-state index contributed by atoms with van der Waals surface area (Å²) < 4.78 is 25.7. The zero-order valence-corrected chi connectivity index (χ0v) is 11.9. The lowest BCUT2D eigenvalue weighted by Gasteiger charge is -2.15. The highest BCUT2D eigenvalue weighted by atomic mass is 32.2. The fourth-order valence-electron chi connectivity index (χ4n) is 1.78. The molecule has 0 aliphatic rings. The summed E-state index contributed by atoms with van der Waals surface area (Å²) in [4.78, 5) is 0.383. The summed E-state index contributed by atoms with van der Waals surface area (Å²) in [6.07, 6.45) is 4.71.